The zero-order valence-electron chi connectivity index (χ0n) is 14.3. The molecule has 142 valence electrons. The molecular formula is C19H14Cl2F3NO2. The molecule has 2 aromatic rings. The Morgan fingerprint density at radius 1 is 1.15 bits per heavy atom. The third-order valence-corrected chi connectivity index (χ3v) is 4.89. The smallest absolute Gasteiger partial charge is 0.374 e. The molecule has 1 heterocycles. The summed E-state index contributed by atoms with van der Waals surface area (Å²) in [5, 5.41) is 3.84. The minimum atomic E-state index is -4.75. The molecule has 3 rings (SSSR count). The van der Waals surface area contributed by atoms with Crippen molar-refractivity contribution in [1.82, 2.24) is 0 Å². The van der Waals surface area contributed by atoms with Gasteiger partial charge in [-0.15, -0.1) is 0 Å². The lowest BCUT2D eigenvalue weighted by atomic mass is 9.86. The summed E-state index contributed by atoms with van der Waals surface area (Å²) in [7, 11) is 0. The van der Waals surface area contributed by atoms with Crippen LogP contribution >= 0.6 is 23.2 Å². The summed E-state index contributed by atoms with van der Waals surface area (Å²) in [4.78, 5) is 16.5. The van der Waals surface area contributed by atoms with Gasteiger partial charge in [0.25, 0.3) is 5.60 Å². The van der Waals surface area contributed by atoms with E-state index >= 15 is 0 Å². The fourth-order valence-corrected chi connectivity index (χ4v) is 3.61. The van der Waals surface area contributed by atoms with Crippen molar-refractivity contribution >= 4 is 34.7 Å². The highest BCUT2D eigenvalue weighted by Crippen LogP contribution is 2.49. The lowest BCUT2D eigenvalue weighted by Crippen LogP contribution is -2.42. The number of rotatable bonds is 3. The maximum Gasteiger partial charge on any atom is 0.435 e. The predicted molar refractivity (Wildman–Crippen MR) is 97.6 cm³/mol. The Balaban J connectivity index is 2.02. The summed E-state index contributed by atoms with van der Waals surface area (Å²) in [6.07, 6.45) is -5.29. The number of aryl methyl sites for hydroxylation is 1. The third-order valence-electron chi connectivity index (χ3n) is 4.45. The van der Waals surface area contributed by atoms with Crippen LogP contribution in [0.4, 0.5) is 13.2 Å². The average Bonchev–Trinajstić information content (AvgIpc) is 3.00. The van der Waals surface area contributed by atoms with E-state index < -0.39 is 18.2 Å². The number of alkyl halides is 3. The number of nitrogens with zero attached hydrogens (tertiary/aromatic N) is 1. The van der Waals surface area contributed by atoms with Gasteiger partial charge in [-0.3, -0.25) is 4.79 Å². The third kappa shape index (κ3) is 3.56. The quantitative estimate of drug-likeness (QED) is 0.569. The second-order valence-corrected chi connectivity index (χ2v) is 7.25. The highest BCUT2D eigenvalue weighted by molar-refractivity contribution is 6.34. The molecule has 1 atom stereocenters. The summed E-state index contributed by atoms with van der Waals surface area (Å²) >= 11 is 11.8. The molecule has 1 aliphatic heterocycles. The van der Waals surface area contributed by atoms with Gasteiger partial charge in [-0.25, -0.2) is 0 Å². The molecule has 8 heteroatoms. The summed E-state index contributed by atoms with van der Waals surface area (Å²) < 4.78 is 41.9. The molecule has 1 aliphatic rings. The number of Topliss-reactive ketones (excluding diaryl/α,β-unsaturated/α-hetero) is 1. The molecule has 27 heavy (non-hydrogen) atoms. The Morgan fingerprint density at radius 2 is 1.78 bits per heavy atom. The van der Waals surface area contributed by atoms with E-state index in [0.717, 1.165) is 0 Å². The van der Waals surface area contributed by atoms with Gasteiger partial charge in [-0.1, -0.05) is 40.5 Å². The first kappa shape index (κ1) is 19.7. The molecule has 0 radical (unpaired) electrons. The number of carbonyl (C=O) groups is 1. The number of ketones is 1. The second-order valence-electron chi connectivity index (χ2n) is 6.37. The lowest BCUT2D eigenvalue weighted by Gasteiger charge is -2.29. The predicted octanol–water partition coefficient (Wildman–Crippen LogP) is 6.09. The van der Waals surface area contributed by atoms with Gasteiger partial charge in [0.05, 0.1) is 5.71 Å². The van der Waals surface area contributed by atoms with Crippen molar-refractivity contribution in [3.63, 3.8) is 0 Å². The van der Waals surface area contributed by atoms with E-state index in [-0.39, 0.29) is 27.1 Å². The highest BCUT2D eigenvalue weighted by Gasteiger charge is 2.62. The topological polar surface area (TPSA) is 38.7 Å². The van der Waals surface area contributed by atoms with Crippen molar-refractivity contribution < 1.29 is 22.8 Å². The minimum absolute atomic E-state index is 0.0693. The van der Waals surface area contributed by atoms with Gasteiger partial charge in [0.2, 0.25) is 0 Å². The maximum atomic E-state index is 14.0. The summed E-state index contributed by atoms with van der Waals surface area (Å²) in [5.41, 5.74) is -1.16. The van der Waals surface area contributed by atoms with Gasteiger partial charge >= 0.3 is 6.18 Å². The molecule has 0 spiro atoms. The maximum absolute atomic E-state index is 14.0. The Kier molecular flexibility index (Phi) is 4.99. The van der Waals surface area contributed by atoms with Crippen LogP contribution in [0.15, 0.2) is 41.6 Å². The van der Waals surface area contributed by atoms with Crippen LogP contribution in [0.3, 0.4) is 0 Å². The molecular weight excluding hydrogens is 402 g/mol. The van der Waals surface area contributed by atoms with Crippen LogP contribution < -0.4 is 0 Å². The summed E-state index contributed by atoms with van der Waals surface area (Å²) in [6, 6.07) is 8.43. The van der Waals surface area contributed by atoms with E-state index in [2.05, 4.69) is 5.16 Å². The largest absolute Gasteiger partial charge is 0.435 e. The standard InChI is InChI=1S/C19H14Cl2F3NO2/c1-10-5-12(3-4-16(10)11(2)26)17-9-18(27-25-17,19(22,23)24)13-6-14(20)8-15(21)7-13/h3-8H,9H2,1-2H3. The molecule has 0 fully saturated rings. The molecule has 0 aromatic heterocycles. The van der Waals surface area contributed by atoms with E-state index in [9.17, 15) is 18.0 Å². The van der Waals surface area contributed by atoms with Crippen LogP contribution in [0.1, 0.15) is 40.4 Å². The van der Waals surface area contributed by atoms with Gasteiger partial charge < -0.3 is 4.84 Å². The van der Waals surface area contributed by atoms with E-state index in [0.29, 0.717) is 16.7 Å². The molecule has 3 nitrogen and oxygen atoms in total. The van der Waals surface area contributed by atoms with Gasteiger partial charge in [0.1, 0.15) is 0 Å². The fraction of sp³-hybridized carbons (Fsp3) is 0.263. The lowest BCUT2D eigenvalue weighted by molar-refractivity contribution is -0.275. The number of hydrogen-bond donors (Lipinski definition) is 0. The van der Waals surface area contributed by atoms with E-state index in [4.69, 9.17) is 28.0 Å². The van der Waals surface area contributed by atoms with Crippen LogP contribution in [0.2, 0.25) is 10.0 Å². The average molecular weight is 416 g/mol. The zero-order chi connectivity index (χ0) is 20.0. The Hall–Kier alpha value is -2.05. The van der Waals surface area contributed by atoms with Gasteiger partial charge in [-0.05, 0) is 49.2 Å². The van der Waals surface area contributed by atoms with Crippen molar-refractivity contribution in [2.45, 2.75) is 32.0 Å². The van der Waals surface area contributed by atoms with Crippen LogP contribution in [0, 0.1) is 6.92 Å². The molecule has 0 bridgehead atoms. The number of benzene rings is 2. The Labute approximate surface area is 163 Å². The van der Waals surface area contributed by atoms with Crippen LogP contribution in [-0.2, 0) is 10.4 Å². The van der Waals surface area contributed by atoms with E-state index in [1.54, 1.807) is 25.1 Å². The van der Waals surface area contributed by atoms with Crippen molar-refractivity contribution in [3.05, 3.63) is 68.7 Å². The van der Waals surface area contributed by atoms with Gasteiger partial charge in [0, 0.05) is 27.6 Å². The molecule has 0 amide bonds. The highest BCUT2D eigenvalue weighted by atomic mass is 35.5. The van der Waals surface area contributed by atoms with E-state index in [1.165, 1.54) is 25.1 Å². The molecule has 0 aliphatic carbocycles. The number of hydrogen-bond acceptors (Lipinski definition) is 3. The molecule has 1 unspecified atom stereocenters. The number of oxime groups is 1. The number of carbonyl (C=O) groups excluding carboxylic acids is 1. The van der Waals surface area contributed by atoms with E-state index in [1.807, 2.05) is 0 Å². The summed E-state index contributed by atoms with van der Waals surface area (Å²) in [5.74, 6) is -0.123. The van der Waals surface area contributed by atoms with Gasteiger partial charge in [-0.2, -0.15) is 13.2 Å². The fourth-order valence-electron chi connectivity index (χ4n) is 3.08. The molecule has 2 aromatic carbocycles. The monoisotopic (exact) mass is 415 g/mol. The normalized spacial score (nSPS) is 19.6. The number of halogens is 5. The van der Waals surface area contributed by atoms with Gasteiger partial charge in [0.15, 0.2) is 5.78 Å². The minimum Gasteiger partial charge on any atom is -0.374 e. The molecule has 0 saturated carbocycles. The summed E-state index contributed by atoms with van der Waals surface area (Å²) in [6.45, 7) is 3.14. The van der Waals surface area contributed by atoms with Crippen molar-refractivity contribution in [1.29, 1.82) is 0 Å². The van der Waals surface area contributed by atoms with Crippen molar-refractivity contribution in [3.8, 4) is 0 Å². The second kappa shape index (κ2) is 6.84. The SMILES string of the molecule is CC(=O)c1ccc(C2=NOC(c3cc(Cl)cc(Cl)c3)(C(F)(F)F)C2)cc1C. The van der Waals surface area contributed by atoms with Crippen LogP contribution in [0.25, 0.3) is 0 Å². The first-order valence-electron chi connectivity index (χ1n) is 7.94. The van der Waals surface area contributed by atoms with Crippen LogP contribution in [0.5, 0.6) is 0 Å². The molecule has 0 N–H and O–H groups in total. The van der Waals surface area contributed by atoms with Crippen molar-refractivity contribution in [2.24, 2.45) is 5.16 Å². The first-order chi connectivity index (χ1) is 12.5. The molecule has 0 saturated heterocycles. The first-order valence-corrected chi connectivity index (χ1v) is 8.69. The van der Waals surface area contributed by atoms with Crippen molar-refractivity contribution in [2.75, 3.05) is 0 Å². The zero-order valence-corrected chi connectivity index (χ0v) is 15.8. The van der Waals surface area contributed by atoms with Crippen LogP contribution in [-0.4, -0.2) is 17.7 Å². The Bertz CT molecular complexity index is 936. The Morgan fingerprint density at radius 3 is 2.30 bits per heavy atom.